The summed E-state index contributed by atoms with van der Waals surface area (Å²) in [5, 5.41) is 21.3. The average molecular weight is 348 g/mol. The fourth-order valence-corrected chi connectivity index (χ4v) is 7.69. The van der Waals surface area contributed by atoms with Crippen LogP contribution in [0.15, 0.2) is 0 Å². The Balaban J connectivity index is 1.73. The minimum atomic E-state index is -0.516. The van der Waals surface area contributed by atoms with E-state index in [4.69, 9.17) is 0 Å². The van der Waals surface area contributed by atoms with E-state index in [1.807, 2.05) is 0 Å². The molecule has 0 saturated heterocycles. The molecule has 0 amide bonds. The van der Waals surface area contributed by atoms with Crippen molar-refractivity contribution in [1.29, 1.82) is 0 Å². The molecule has 0 unspecified atom stereocenters. The highest BCUT2D eigenvalue weighted by Gasteiger charge is 2.65. The standard InChI is InChI=1S/C21H32O4/c1-11(22)14-4-5-15-18-16(24)9-12-8-13(23)6-7-20(12,2)19(18)17(25)10-21(14,15)3/h12-15,17-19,23,25H,4-10H2,1-3H3/t12-,13-,14-,15+,17-,18-,19+,20+,21-/m1/s1. The van der Waals surface area contributed by atoms with Crippen LogP contribution >= 0.6 is 0 Å². The Labute approximate surface area is 150 Å². The van der Waals surface area contributed by atoms with Crippen molar-refractivity contribution in [1.82, 2.24) is 0 Å². The smallest absolute Gasteiger partial charge is 0.136 e. The zero-order valence-electron chi connectivity index (χ0n) is 15.7. The molecule has 0 aromatic carbocycles. The molecule has 4 aliphatic carbocycles. The zero-order valence-corrected chi connectivity index (χ0v) is 15.7. The summed E-state index contributed by atoms with van der Waals surface area (Å²) in [6.07, 6.45) is 4.51. The molecule has 4 saturated carbocycles. The first-order valence-electron chi connectivity index (χ1n) is 10.1. The molecule has 0 aromatic heterocycles. The Morgan fingerprint density at radius 2 is 1.84 bits per heavy atom. The molecule has 9 atom stereocenters. The Morgan fingerprint density at radius 3 is 2.52 bits per heavy atom. The summed E-state index contributed by atoms with van der Waals surface area (Å²) in [5.74, 6) is 0.787. The van der Waals surface area contributed by atoms with Crippen LogP contribution in [-0.2, 0) is 9.59 Å². The van der Waals surface area contributed by atoms with E-state index in [1.165, 1.54) is 0 Å². The number of fused-ring (bicyclic) bond motifs is 5. The van der Waals surface area contributed by atoms with Crippen LogP contribution in [0.25, 0.3) is 0 Å². The summed E-state index contributed by atoms with van der Waals surface area (Å²) in [4.78, 5) is 25.3. The molecule has 25 heavy (non-hydrogen) atoms. The Kier molecular flexibility index (Phi) is 3.98. The summed E-state index contributed by atoms with van der Waals surface area (Å²) in [6.45, 7) is 6.05. The largest absolute Gasteiger partial charge is 0.393 e. The SMILES string of the molecule is CC(=O)[C@H]1CC[C@H]2[C@@H]3C(=O)C[C@H]4C[C@H](O)CC[C@]4(C)[C@H]3[C@H](O)C[C@]12C. The van der Waals surface area contributed by atoms with Crippen molar-refractivity contribution in [2.24, 2.45) is 40.4 Å². The van der Waals surface area contributed by atoms with Gasteiger partial charge in [0.1, 0.15) is 11.6 Å². The van der Waals surface area contributed by atoms with Crippen LogP contribution in [0, 0.1) is 40.4 Å². The van der Waals surface area contributed by atoms with Gasteiger partial charge in [-0.2, -0.15) is 0 Å². The first-order valence-corrected chi connectivity index (χ1v) is 10.1. The van der Waals surface area contributed by atoms with E-state index in [2.05, 4.69) is 13.8 Å². The van der Waals surface area contributed by atoms with Crippen molar-refractivity contribution in [3.8, 4) is 0 Å². The maximum Gasteiger partial charge on any atom is 0.136 e. The van der Waals surface area contributed by atoms with Gasteiger partial charge in [0, 0.05) is 24.2 Å². The zero-order chi connectivity index (χ0) is 18.1. The lowest BCUT2D eigenvalue weighted by atomic mass is 9.43. The molecule has 0 heterocycles. The van der Waals surface area contributed by atoms with Crippen molar-refractivity contribution >= 4 is 11.6 Å². The fourth-order valence-electron chi connectivity index (χ4n) is 7.69. The molecular formula is C21H32O4. The van der Waals surface area contributed by atoms with Crippen molar-refractivity contribution in [3.63, 3.8) is 0 Å². The fraction of sp³-hybridized carbons (Fsp3) is 0.905. The van der Waals surface area contributed by atoms with E-state index in [0.29, 0.717) is 19.3 Å². The van der Waals surface area contributed by atoms with Gasteiger partial charge in [-0.25, -0.2) is 0 Å². The van der Waals surface area contributed by atoms with Crippen molar-refractivity contribution in [2.75, 3.05) is 0 Å². The molecule has 0 aromatic rings. The number of hydrogen-bond acceptors (Lipinski definition) is 4. The highest BCUT2D eigenvalue weighted by molar-refractivity contribution is 5.84. The van der Waals surface area contributed by atoms with Crippen molar-refractivity contribution in [3.05, 3.63) is 0 Å². The van der Waals surface area contributed by atoms with Gasteiger partial charge in [0.2, 0.25) is 0 Å². The number of rotatable bonds is 1. The minimum Gasteiger partial charge on any atom is -0.393 e. The van der Waals surface area contributed by atoms with Crippen LogP contribution in [0.1, 0.15) is 65.7 Å². The van der Waals surface area contributed by atoms with Gasteiger partial charge in [0.05, 0.1) is 12.2 Å². The second-order valence-electron chi connectivity index (χ2n) is 9.98. The maximum absolute atomic E-state index is 13.2. The van der Waals surface area contributed by atoms with Crippen molar-refractivity contribution in [2.45, 2.75) is 77.9 Å². The number of aliphatic hydroxyl groups is 2. The van der Waals surface area contributed by atoms with Gasteiger partial charge in [-0.15, -0.1) is 0 Å². The van der Waals surface area contributed by atoms with E-state index in [1.54, 1.807) is 6.92 Å². The van der Waals surface area contributed by atoms with Crippen LogP contribution in [0.3, 0.4) is 0 Å². The van der Waals surface area contributed by atoms with Gasteiger partial charge in [-0.3, -0.25) is 9.59 Å². The van der Waals surface area contributed by atoms with Crippen molar-refractivity contribution < 1.29 is 19.8 Å². The van der Waals surface area contributed by atoms with Crippen LogP contribution in [0.4, 0.5) is 0 Å². The second-order valence-corrected chi connectivity index (χ2v) is 9.98. The van der Waals surface area contributed by atoms with Gasteiger partial charge in [0.15, 0.2) is 0 Å². The van der Waals surface area contributed by atoms with E-state index in [0.717, 1.165) is 25.7 Å². The van der Waals surface area contributed by atoms with Crippen LogP contribution in [0.5, 0.6) is 0 Å². The number of hydrogen-bond donors (Lipinski definition) is 2. The van der Waals surface area contributed by atoms with Crippen LogP contribution < -0.4 is 0 Å². The Bertz CT molecular complexity index is 601. The lowest BCUT2D eigenvalue weighted by Gasteiger charge is -2.61. The molecule has 4 nitrogen and oxygen atoms in total. The van der Waals surface area contributed by atoms with E-state index in [-0.39, 0.29) is 58.1 Å². The topological polar surface area (TPSA) is 74.6 Å². The summed E-state index contributed by atoms with van der Waals surface area (Å²) in [7, 11) is 0. The predicted octanol–water partition coefficient (Wildman–Crippen LogP) is 2.75. The molecular weight excluding hydrogens is 316 g/mol. The Hall–Kier alpha value is -0.740. The predicted molar refractivity (Wildman–Crippen MR) is 93.7 cm³/mol. The third-order valence-corrected chi connectivity index (χ3v) is 8.87. The van der Waals surface area contributed by atoms with Gasteiger partial charge in [-0.05, 0) is 68.1 Å². The lowest BCUT2D eigenvalue weighted by Crippen LogP contribution is -2.62. The lowest BCUT2D eigenvalue weighted by molar-refractivity contribution is -0.185. The number of carbonyl (C=O) groups excluding carboxylic acids is 2. The number of carbonyl (C=O) groups is 2. The van der Waals surface area contributed by atoms with Gasteiger partial charge in [0.25, 0.3) is 0 Å². The van der Waals surface area contributed by atoms with E-state index < -0.39 is 6.10 Å². The van der Waals surface area contributed by atoms with Crippen LogP contribution in [0.2, 0.25) is 0 Å². The summed E-state index contributed by atoms with van der Waals surface area (Å²) < 4.78 is 0. The third-order valence-electron chi connectivity index (χ3n) is 8.87. The van der Waals surface area contributed by atoms with E-state index in [9.17, 15) is 19.8 Å². The molecule has 0 spiro atoms. The number of ketones is 2. The molecule has 140 valence electrons. The number of aliphatic hydroxyl groups excluding tert-OH is 2. The number of Topliss-reactive ketones (excluding diaryl/α,β-unsaturated/α-hetero) is 2. The molecule has 4 rings (SSSR count). The second kappa shape index (κ2) is 5.63. The minimum absolute atomic E-state index is 0.00460. The first-order chi connectivity index (χ1) is 11.7. The highest BCUT2D eigenvalue weighted by Crippen LogP contribution is 2.66. The molecule has 0 radical (unpaired) electrons. The first kappa shape index (κ1) is 17.7. The maximum atomic E-state index is 13.2. The molecule has 0 aliphatic heterocycles. The van der Waals surface area contributed by atoms with Gasteiger partial charge < -0.3 is 10.2 Å². The molecule has 0 bridgehead atoms. The average Bonchev–Trinajstić information content (AvgIpc) is 2.85. The molecule has 4 heteroatoms. The monoisotopic (exact) mass is 348 g/mol. The molecule has 4 aliphatic rings. The quantitative estimate of drug-likeness (QED) is 0.764. The van der Waals surface area contributed by atoms with E-state index >= 15 is 0 Å². The summed E-state index contributed by atoms with van der Waals surface area (Å²) >= 11 is 0. The Morgan fingerprint density at radius 1 is 1.12 bits per heavy atom. The molecule has 4 fully saturated rings. The molecule has 2 N–H and O–H groups in total. The normalized spacial score (nSPS) is 55.2. The van der Waals surface area contributed by atoms with Crippen LogP contribution in [-0.4, -0.2) is 34.0 Å². The van der Waals surface area contributed by atoms with Gasteiger partial charge in [-0.1, -0.05) is 13.8 Å². The summed E-state index contributed by atoms with van der Waals surface area (Å²) in [6, 6.07) is 0. The third kappa shape index (κ3) is 2.32. The van der Waals surface area contributed by atoms with Gasteiger partial charge >= 0.3 is 0 Å². The highest BCUT2D eigenvalue weighted by atomic mass is 16.3. The summed E-state index contributed by atoms with van der Waals surface area (Å²) in [5.41, 5.74) is -0.299.